The van der Waals surface area contributed by atoms with Gasteiger partial charge in [-0.1, -0.05) is 0 Å². The Morgan fingerprint density at radius 2 is 0.967 bits per heavy atom. The second-order valence-corrected chi connectivity index (χ2v) is 8.64. The SMILES string of the molecule is NS(=O)(=O)c1ccc(NOC(=O)/C=C\C(=O)ONc2ccc(S(N)(=O)=O)cc2)cc1. The van der Waals surface area contributed by atoms with Crippen LogP contribution in [0.2, 0.25) is 0 Å². The van der Waals surface area contributed by atoms with E-state index in [1.165, 1.54) is 48.5 Å². The fourth-order valence-electron chi connectivity index (χ4n) is 1.85. The van der Waals surface area contributed by atoms with Crippen molar-refractivity contribution in [3.05, 3.63) is 60.7 Å². The number of rotatable bonds is 8. The Kier molecular flexibility index (Phi) is 7.12. The fraction of sp³-hybridized carbons (Fsp3) is 0. The Hall–Kier alpha value is -3.46. The first kappa shape index (κ1) is 22.8. The van der Waals surface area contributed by atoms with Crippen molar-refractivity contribution in [1.29, 1.82) is 0 Å². The van der Waals surface area contributed by atoms with Gasteiger partial charge in [-0.05, 0) is 48.5 Å². The molecular formula is C16H16N4O8S2. The molecule has 0 aliphatic heterocycles. The van der Waals surface area contributed by atoms with Gasteiger partial charge >= 0.3 is 11.9 Å². The van der Waals surface area contributed by atoms with Gasteiger partial charge in [0.05, 0.1) is 21.2 Å². The molecular weight excluding hydrogens is 440 g/mol. The topological polar surface area (TPSA) is 197 Å². The van der Waals surface area contributed by atoms with Gasteiger partial charge < -0.3 is 9.68 Å². The van der Waals surface area contributed by atoms with Crippen molar-refractivity contribution in [2.75, 3.05) is 11.0 Å². The molecule has 30 heavy (non-hydrogen) atoms. The van der Waals surface area contributed by atoms with E-state index in [1.807, 2.05) is 0 Å². The Morgan fingerprint density at radius 1 is 0.667 bits per heavy atom. The Labute approximate surface area is 171 Å². The van der Waals surface area contributed by atoms with E-state index in [2.05, 4.69) is 20.6 Å². The molecule has 160 valence electrons. The Balaban J connectivity index is 1.79. The Bertz CT molecular complexity index is 1070. The summed E-state index contributed by atoms with van der Waals surface area (Å²) in [6, 6.07) is 10.1. The molecule has 0 amide bonds. The summed E-state index contributed by atoms with van der Waals surface area (Å²) >= 11 is 0. The lowest BCUT2D eigenvalue weighted by Crippen LogP contribution is -2.13. The van der Waals surface area contributed by atoms with Crippen LogP contribution < -0.4 is 21.2 Å². The quantitative estimate of drug-likeness (QED) is 0.309. The van der Waals surface area contributed by atoms with Crippen molar-refractivity contribution < 1.29 is 36.1 Å². The number of nitrogens with one attached hydrogen (secondary N) is 2. The number of sulfonamides is 2. The summed E-state index contributed by atoms with van der Waals surface area (Å²) in [4.78, 5) is 32.2. The molecule has 0 bridgehead atoms. The van der Waals surface area contributed by atoms with E-state index in [0.29, 0.717) is 0 Å². The number of hydrogen-bond acceptors (Lipinski definition) is 10. The van der Waals surface area contributed by atoms with Gasteiger partial charge in [-0.25, -0.2) is 47.7 Å². The van der Waals surface area contributed by atoms with Gasteiger partial charge in [-0.15, -0.1) is 0 Å². The van der Waals surface area contributed by atoms with Gasteiger partial charge in [0.25, 0.3) is 0 Å². The monoisotopic (exact) mass is 456 g/mol. The summed E-state index contributed by atoms with van der Waals surface area (Å²) in [5.41, 5.74) is 5.04. The van der Waals surface area contributed by atoms with Crippen molar-refractivity contribution in [2.45, 2.75) is 9.79 Å². The smallest absolute Gasteiger partial charge is 0.339 e. The van der Waals surface area contributed by atoms with Gasteiger partial charge in [0.2, 0.25) is 20.0 Å². The van der Waals surface area contributed by atoms with Crippen LogP contribution in [-0.2, 0) is 39.3 Å². The van der Waals surface area contributed by atoms with E-state index in [1.54, 1.807) is 0 Å². The van der Waals surface area contributed by atoms with Crippen molar-refractivity contribution in [1.82, 2.24) is 0 Å². The molecule has 12 nitrogen and oxygen atoms in total. The summed E-state index contributed by atoms with van der Waals surface area (Å²) < 4.78 is 44.6. The maximum Gasteiger partial charge on any atom is 0.355 e. The van der Waals surface area contributed by atoms with Crippen molar-refractivity contribution in [3.63, 3.8) is 0 Å². The molecule has 2 aromatic carbocycles. The third-order valence-corrected chi connectivity index (χ3v) is 5.12. The van der Waals surface area contributed by atoms with E-state index in [-0.39, 0.29) is 21.2 Å². The molecule has 0 radical (unpaired) electrons. The van der Waals surface area contributed by atoms with E-state index in [0.717, 1.165) is 12.2 Å². The molecule has 0 aromatic heterocycles. The second kappa shape index (κ2) is 9.36. The molecule has 2 rings (SSSR count). The molecule has 0 saturated heterocycles. The summed E-state index contributed by atoms with van der Waals surface area (Å²) in [5.74, 6) is -1.89. The van der Waals surface area contributed by atoms with E-state index >= 15 is 0 Å². The standard InChI is InChI=1S/C16H16N4O8S2/c17-29(23,24)13-5-1-11(2-6-13)19-27-15(21)9-10-16(22)28-20-12-3-7-14(8-4-12)30(18,25)26/h1-10,19-20H,(H2,17,23,24)(H2,18,25,26)/b10-9-. The minimum Gasteiger partial charge on any atom is -0.339 e. The highest BCUT2D eigenvalue weighted by Crippen LogP contribution is 2.13. The van der Waals surface area contributed by atoms with Gasteiger partial charge in [0.15, 0.2) is 0 Å². The molecule has 0 heterocycles. The number of primary sulfonamides is 2. The number of nitrogens with two attached hydrogens (primary N) is 2. The van der Waals surface area contributed by atoms with Crippen LogP contribution in [0.4, 0.5) is 11.4 Å². The van der Waals surface area contributed by atoms with Crippen molar-refractivity contribution in [2.24, 2.45) is 10.3 Å². The molecule has 6 N–H and O–H groups in total. The van der Waals surface area contributed by atoms with Gasteiger partial charge in [-0.2, -0.15) is 0 Å². The highest BCUT2D eigenvalue weighted by atomic mass is 32.2. The average molecular weight is 456 g/mol. The van der Waals surface area contributed by atoms with Crippen LogP contribution in [0, 0.1) is 0 Å². The molecule has 0 aliphatic rings. The summed E-state index contributed by atoms with van der Waals surface area (Å²) in [6.07, 6.45) is 1.56. The summed E-state index contributed by atoms with van der Waals surface area (Å²) in [6.45, 7) is 0. The largest absolute Gasteiger partial charge is 0.355 e. The van der Waals surface area contributed by atoms with Crippen LogP contribution in [-0.4, -0.2) is 28.8 Å². The third kappa shape index (κ3) is 7.17. The van der Waals surface area contributed by atoms with E-state index in [4.69, 9.17) is 10.3 Å². The van der Waals surface area contributed by atoms with Crippen LogP contribution in [0.5, 0.6) is 0 Å². The predicted octanol–water partition coefficient (Wildman–Crippen LogP) is -0.0220. The fourth-order valence-corrected chi connectivity index (χ4v) is 2.88. The van der Waals surface area contributed by atoms with Crippen LogP contribution in [0.1, 0.15) is 0 Å². The zero-order valence-corrected chi connectivity index (χ0v) is 16.6. The number of carbonyl (C=O) groups is 2. The number of anilines is 2. The van der Waals surface area contributed by atoms with Gasteiger partial charge in [0.1, 0.15) is 0 Å². The highest BCUT2D eigenvalue weighted by Gasteiger charge is 2.08. The van der Waals surface area contributed by atoms with E-state index in [9.17, 15) is 26.4 Å². The van der Waals surface area contributed by atoms with Crippen molar-refractivity contribution in [3.8, 4) is 0 Å². The molecule has 0 aliphatic carbocycles. The zero-order chi connectivity index (χ0) is 22.4. The highest BCUT2D eigenvalue weighted by molar-refractivity contribution is 7.89. The third-order valence-electron chi connectivity index (χ3n) is 3.26. The molecule has 0 unspecified atom stereocenters. The minimum absolute atomic E-state index is 0.117. The number of hydrogen-bond donors (Lipinski definition) is 4. The number of carbonyl (C=O) groups excluding carboxylic acids is 2. The lowest BCUT2D eigenvalue weighted by Gasteiger charge is -2.06. The van der Waals surface area contributed by atoms with Gasteiger partial charge in [-0.3, -0.25) is 0 Å². The minimum atomic E-state index is -3.84. The Morgan fingerprint density at radius 3 is 1.23 bits per heavy atom. The molecule has 0 fully saturated rings. The summed E-state index contributed by atoms with van der Waals surface area (Å²) in [5, 5.41) is 9.92. The lowest BCUT2D eigenvalue weighted by atomic mass is 10.3. The molecule has 0 saturated carbocycles. The van der Waals surface area contributed by atoms with Crippen LogP contribution in [0.15, 0.2) is 70.5 Å². The van der Waals surface area contributed by atoms with Crippen LogP contribution in [0.3, 0.4) is 0 Å². The molecule has 2 aromatic rings. The lowest BCUT2D eigenvalue weighted by molar-refractivity contribution is -0.137. The number of benzene rings is 2. The van der Waals surface area contributed by atoms with Crippen LogP contribution >= 0.6 is 0 Å². The molecule has 0 spiro atoms. The van der Waals surface area contributed by atoms with Crippen molar-refractivity contribution >= 4 is 43.4 Å². The normalized spacial score (nSPS) is 11.7. The molecule has 0 atom stereocenters. The summed E-state index contributed by atoms with van der Waals surface area (Å²) in [7, 11) is -7.68. The first-order chi connectivity index (χ1) is 13.9. The average Bonchev–Trinajstić information content (AvgIpc) is 2.68. The predicted molar refractivity (Wildman–Crippen MR) is 104 cm³/mol. The van der Waals surface area contributed by atoms with Gasteiger partial charge in [0, 0.05) is 12.2 Å². The maximum atomic E-state index is 11.6. The second-order valence-electron chi connectivity index (χ2n) is 5.52. The van der Waals surface area contributed by atoms with E-state index < -0.39 is 32.0 Å². The first-order valence-corrected chi connectivity index (χ1v) is 10.9. The van der Waals surface area contributed by atoms with Crippen LogP contribution in [0.25, 0.3) is 0 Å². The first-order valence-electron chi connectivity index (χ1n) is 7.82. The maximum absolute atomic E-state index is 11.6. The molecule has 14 heteroatoms. The zero-order valence-electron chi connectivity index (χ0n) is 15.0.